The first-order valence-corrected chi connectivity index (χ1v) is 7.18. The summed E-state index contributed by atoms with van der Waals surface area (Å²) < 4.78 is 5.21. The van der Waals surface area contributed by atoms with Crippen molar-refractivity contribution in [1.82, 2.24) is 10.1 Å². The van der Waals surface area contributed by atoms with Crippen LogP contribution in [0.4, 0.5) is 0 Å². The van der Waals surface area contributed by atoms with Crippen molar-refractivity contribution in [1.29, 1.82) is 5.53 Å². The second-order valence-corrected chi connectivity index (χ2v) is 5.94. The fourth-order valence-corrected chi connectivity index (χ4v) is 2.81. The number of hydrogen-bond donors (Lipinski definition) is 2. The van der Waals surface area contributed by atoms with E-state index in [1.807, 2.05) is 13.8 Å². The summed E-state index contributed by atoms with van der Waals surface area (Å²) in [6.07, 6.45) is -0.684. The topological polar surface area (TPSA) is 120 Å². The van der Waals surface area contributed by atoms with Crippen molar-refractivity contribution in [2.45, 2.75) is 45.3 Å². The van der Waals surface area contributed by atoms with E-state index >= 15 is 0 Å². The Labute approximate surface area is 128 Å². The minimum absolute atomic E-state index is 0.0566. The van der Waals surface area contributed by atoms with Crippen molar-refractivity contribution in [3.05, 3.63) is 17.5 Å². The zero-order valence-electron chi connectivity index (χ0n) is 12.8. The molecule has 22 heavy (non-hydrogen) atoms. The summed E-state index contributed by atoms with van der Waals surface area (Å²) in [7, 11) is 0. The molecule has 1 aromatic heterocycles. The third-order valence-electron chi connectivity index (χ3n) is 3.84. The van der Waals surface area contributed by atoms with Gasteiger partial charge >= 0.3 is 0 Å². The Bertz CT molecular complexity index is 583. The quantitative estimate of drug-likeness (QED) is 0.811. The van der Waals surface area contributed by atoms with E-state index in [0.29, 0.717) is 11.5 Å². The molecule has 2 rings (SSSR count). The molecular formula is C14H20N4O4. The zero-order valence-corrected chi connectivity index (χ0v) is 12.8. The zero-order chi connectivity index (χ0) is 16.4. The second-order valence-electron chi connectivity index (χ2n) is 5.94. The molecule has 0 aromatic carbocycles. The van der Waals surface area contributed by atoms with Crippen molar-refractivity contribution in [3.8, 4) is 0 Å². The molecule has 3 atom stereocenters. The first-order chi connectivity index (χ1) is 10.3. The molecule has 2 N–H and O–H groups in total. The lowest BCUT2D eigenvalue weighted by Crippen LogP contribution is -2.43. The van der Waals surface area contributed by atoms with Gasteiger partial charge in [-0.25, -0.2) is 5.53 Å². The van der Waals surface area contributed by atoms with Gasteiger partial charge in [0.15, 0.2) is 0 Å². The Hall–Kier alpha value is -2.09. The Morgan fingerprint density at radius 1 is 1.55 bits per heavy atom. The number of likely N-dealkylation sites (tertiary alicyclic amines) is 1. The van der Waals surface area contributed by atoms with Crippen molar-refractivity contribution in [2.24, 2.45) is 11.0 Å². The van der Waals surface area contributed by atoms with Gasteiger partial charge in [0.2, 0.25) is 5.91 Å². The normalized spacial score (nSPS) is 22.9. The molecule has 0 radical (unpaired) electrons. The molecule has 0 spiro atoms. The van der Waals surface area contributed by atoms with Crippen LogP contribution in [0.25, 0.3) is 0 Å². The lowest BCUT2D eigenvalue weighted by atomic mass is 9.91. The maximum absolute atomic E-state index is 12.8. The Kier molecular flexibility index (Phi) is 4.70. The second kappa shape index (κ2) is 6.35. The summed E-state index contributed by atoms with van der Waals surface area (Å²) in [5.41, 5.74) is 7.53. The molecule has 120 valence electrons. The lowest BCUT2D eigenvalue weighted by Gasteiger charge is -2.27. The summed E-state index contributed by atoms with van der Waals surface area (Å²) >= 11 is 0. The van der Waals surface area contributed by atoms with Crippen LogP contribution >= 0.6 is 0 Å². The number of hydrogen-bond acceptors (Lipinski definition) is 6. The minimum Gasteiger partial charge on any atom is -0.391 e. The summed E-state index contributed by atoms with van der Waals surface area (Å²) in [5, 5.41) is 16.5. The summed E-state index contributed by atoms with van der Waals surface area (Å²) in [6.45, 7) is 5.57. The van der Waals surface area contributed by atoms with Gasteiger partial charge in [-0.15, -0.1) is 5.11 Å². The summed E-state index contributed by atoms with van der Waals surface area (Å²) in [4.78, 5) is 25.9. The summed E-state index contributed by atoms with van der Waals surface area (Å²) in [5.74, 6) is -1.26. The van der Waals surface area contributed by atoms with E-state index in [0.717, 1.165) is 0 Å². The average molecular weight is 308 g/mol. The van der Waals surface area contributed by atoms with Gasteiger partial charge < -0.3 is 14.5 Å². The summed E-state index contributed by atoms with van der Waals surface area (Å²) in [6, 6.07) is 0.811. The maximum Gasteiger partial charge on any atom is 0.286 e. The van der Waals surface area contributed by atoms with Crippen molar-refractivity contribution >= 4 is 11.8 Å². The van der Waals surface area contributed by atoms with Gasteiger partial charge in [0.1, 0.15) is 17.7 Å². The number of aliphatic hydroxyl groups excluding tert-OH is 1. The standard InChI is InChI=1S/C14H20N4O4/c1-7(2)12(11-4-8(3)17-22-11)14(21)18-6-9(19)5-10(18)13(20)16-15/h4,7,9-10,12,15,19H,5-6H2,1-3H3/t9-,10+,12?/m1/s1. The maximum atomic E-state index is 12.8. The number of aliphatic hydroxyl groups is 1. The predicted molar refractivity (Wildman–Crippen MR) is 75.1 cm³/mol. The van der Waals surface area contributed by atoms with Crippen LogP contribution in [-0.2, 0) is 9.59 Å². The van der Waals surface area contributed by atoms with Crippen LogP contribution in [0, 0.1) is 18.4 Å². The van der Waals surface area contributed by atoms with Gasteiger partial charge in [0.25, 0.3) is 5.91 Å². The fraction of sp³-hybridized carbons (Fsp3) is 0.643. The van der Waals surface area contributed by atoms with Crippen LogP contribution in [0.1, 0.15) is 37.6 Å². The molecule has 1 aliphatic rings. The van der Waals surface area contributed by atoms with Gasteiger partial charge in [-0.1, -0.05) is 19.0 Å². The number of nitrogens with zero attached hydrogens (tertiary/aromatic N) is 3. The Morgan fingerprint density at radius 3 is 2.73 bits per heavy atom. The van der Waals surface area contributed by atoms with Gasteiger partial charge in [-0.05, 0) is 12.8 Å². The van der Waals surface area contributed by atoms with Crippen molar-refractivity contribution in [3.63, 3.8) is 0 Å². The van der Waals surface area contributed by atoms with Gasteiger partial charge in [-0.3, -0.25) is 9.59 Å². The van der Waals surface area contributed by atoms with Crippen molar-refractivity contribution < 1.29 is 19.2 Å². The van der Waals surface area contributed by atoms with Crippen LogP contribution in [0.5, 0.6) is 0 Å². The van der Waals surface area contributed by atoms with E-state index in [1.54, 1.807) is 13.0 Å². The molecule has 0 bridgehead atoms. The number of nitrogens with one attached hydrogen (secondary N) is 1. The van der Waals surface area contributed by atoms with E-state index < -0.39 is 24.0 Å². The lowest BCUT2D eigenvalue weighted by molar-refractivity contribution is -0.140. The van der Waals surface area contributed by atoms with Gasteiger partial charge in [0.05, 0.1) is 11.8 Å². The van der Waals surface area contributed by atoms with Crippen molar-refractivity contribution in [2.75, 3.05) is 6.54 Å². The monoisotopic (exact) mass is 308 g/mol. The molecule has 0 aliphatic carbocycles. The highest BCUT2D eigenvalue weighted by Gasteiger charge is 2.43. The molecule has 1 unspecified atom stereocenters. The van der Waals surface area contributed by atoms with Gasteiger partial charge in [-0.2, -0.15) is 0 Å². The first kappa shape index (κ1) is 16.3. The molecule has 1 aromatic rings. The van der Waals surface area contributed by atoms with Crippen LogP contribution < -0.4 is 0 Å². The highest BCUT2D eigenvalue weighted by molar-refractivity contribution is 5.91. The Morgan fingerprint density at radius 2 is 2.23 bits per heavy atom. The highest BCUT2D eigenvalue weighted by atomic mass is 16.5. The molecule has 1 fully saturated rings. The molecule has 1 saturated heterocycles. The number of carbonyl (C=O) groups excluding carboxylic acids is 2. The van der Waals surface area contributed by atoms with E-state index in [1.165, 1.54) is 4.90 Å². The molecule has 2 heterocycles. The number of rotatable bonds is 4. The number of carbonyl (C=O) groups is 2. The Balaban J connectivity index is 2.30. The van der Waals surface area contributed by atoms with Crippen LogP contribution in [0.3, 0.4) is 0 Å². The number of β-amino-alcohol motifs (C(OH)–C–C–N with tert-alkyl or cyclic N) is 1. The highest BCUT2D eigenvalue weighted by Crippen LogP contribution is 2.31. The van der Waals surface area contributed by atoms with E-state index in [4.69, 9.17) is 10.1 Å². The largest absolute Gasteiger partial charge is 0.391 e. The fourth-order valence-electron chi connectivity index (χ4n) is 2.81. The third-order valence-corrected chi connectivity index (χ3v) is 3.84. The predicted octanol–water partition coefficient (Wildman–Crippen LogP) is 1.24. The minimum atomic E-state index is -0.884. The van der Waals surface area contributed by atoms with Crippen LogP contribution in [0.15, 0.2) is 15.7 Å². The first-order valence-electron chi connectivity index (χ1n) is 7.18. The smallest absolute Gasteiger partial charge is 0.286 e. The third kappa shape index (κ3) is 3.06. The molecule has 1 aliphatic heterocycles. The van der Waals surface area contributed by atoms with E-state index in [-0.39, 0.29) is 24.8 Å². The number of amides is 2. The molecule has 2 amide bonds. The average Bonchev–Trinajstić information content (AvgIpc) is 3.04. The number of aromatic nitrogens is 1. The molecule has 8 heteroatoms. The number of aryl methyl sites for hydroxylation is 1. The van der Waals surface area contributed by atoms with E-state index in [2.05, 4.69) is 10.3 Å². The molecular weight excluding hydrogens is 288 g/mol. The SMILES string of the molecule is Cc1cc(C(C(=O)N2C[C@H](O)C[C@H]2C(=O)N=N)C(C)C)on1. The van der Waals surface area contributed by atoms with E-state index in [9.17, 15) is 14.7 Å². The van der Waals surface area contributed by atoms with Crippen LogP contribution in [-0.4, -0.2) is 45.7 Å². The van der Waals surface area contributed by atoms with Crippen LogP contribution in [0.2, 0.25) is 0 Å². The molecule has 0 saturated carbocycles. The molecule has 8 nitrogen and oxygen atoms in total. The van der Waals surface area contributed by atoms with Gasteiger partial charge in [0, 0.05) is 19.0 Å².